The number of hydrogen-bond donors (Lipinski definition) is 2. The van der Waals surface area contributed by atoms with Gasteiger partial charge in [0.25, 0.3) is 0 Å². The van der Waals surface area contributed by atoms with Gasteiger partial charge in [0.2, 0.25) is 0 Å². The topological polar surface area (TPSA) is 58.6 Å². The summed E-state index contributed by atoms with van der Waals surface area (Å²) in [5.74, 6) is 1.11. The van der Waals surface area contributed by atoms with Gasteiger partial charge in [-0.1, -0.05) is 18.6 Å². The van der Waals surface area contributed by atoms with Crippen LogP contribution in [0.5, 0.6) is 5.75 Å². The summed E-state index contributed by atoms with van der Waals surface area (Å²) in [6.07, 6.45) is 3.63. The molecule has 0 amide bonds. The van der Waals surface area contributed by atoms with Crippen LogP contribution < -0.4 is 10.1 Å². The average molecular weight is 323 g/mol. The highest BCUT2D eigenvalue weighted by atomic mass is 16.5. The molecule has 124 valence electrons. The summed E-state index contributed by atoms with van der Waals surface area (Å²) in [5, 5.41) is 12.8. The molecular weight excluding hydrogens is 302 g/mol. The highest BCUT2D eigenvalue weighted by Gasteiger charge is 2.40. The SMILES string of the molecule is COc1ccc2c(c1)[C@@H]1CCC[C@@H]1[C@@H](c1ccc(C(=O)O)cc1)N2. The maximum Gasteiger partial charge on any atom is 0.335 e. The molecule has 0 unspecified atom stereocenters. The summed E-state index contributed by atoms with van der Waals surface area (Å²) in [5.41, 5.74) is 4.03. The van der Waals surface area contributed by atoms with Gasteiger partial charge in [0, 0.05) is 5.69 Å². The van der Waals surface area contributed by atoms with Gasteiger partial charge in [-0.25, -0.2) is 4.79 Å². The van der Waals surface area contributed by atoms with E-state index in [4.69, 9.17) is 9.84 Å². The van der Waals surface area contributed by atoms with Gasteiger partial charge >= 0.3 is 5.97 Å². The van der Waals surface area contributed by atoms with Crippen LogP contribution in [0.2, 0.25) is 0 Å². The normalized spacial score (nSPS) is 24.6. The summed E-state index contributed by atoms with van der Waals surface area (Å²) in [6.45, 7) is 0. The molecule has 2 aliphatic rings. The number of carbonyl (C=O) groups is 1. The molecule has 1 heterocycles. The Morgan fingerprint density at radius 1 is 1.17 bits per heavy atom. The zero-order chi connectivity index (χ0) is 16.7. The van der Waals surface area contributed by atoms with Gasteiger partial charge in [-0.2, -0.15) is 0 Å². The third-order valence-electron chi connectivity index (χ3n) is 5.48. The van der Waals surface area contributed by atoms with Crippen LogP contribution in [0.3, 0.4) is 0 Å². The fraction of sp³-hybridized carbons (Fsp3) is 0.350. The predicted molar refractivity (Wildman–Crippen MR) is 92.8 cm³/mol. The fourth-order valence-electron chi connectivity index (χ4n) is 4.32. The van der Waals surface area contributed by atoms with Gasteiger partial charge in [0.1, 0.15) is 5.75 Å². The molecule has 0 bridgehead atoms. The van der Waals surface area contributed by atoms with E-state index in [1.54, 1.807) is 19.2 Å². The number of nitrogens with one attached hydrogen (secondary N) is 1. The van der Waals surface area contributed by atoms with Crippen LogP contribution in [0.25, 0.3) is 0 Å². The fourth-order valence-corrected chi connectivity index (χ4v) is 4.32. The van der Waals surface area contributed by atoms with Gasteiger partial charge in [0.05, 0.1) is 18.7 Å². The number of carboxylic acid groups (broad SMARTS) is 1. The zero-order valence-electron chi connectivity index (χ0n) is 13.7. The van der Waals surface area contributed by atoms with Gasteiger partial charge in [0.15, 0.2) is 0 Å². The van der Waals surface area contributed by atoms with E-state index in [1.165, 1.54) is 36.1 Å². The van der Waals surface area contributed by atoms with Crippen LogP contribution in [-0.4, -0.2) is 18.2 Å². The summed E-state index contributed by atoms with van der Waals surface area (Å²) in [6, 6.07) is 13.8. The maximum atomic E-state index is 11.1. The second kappa shape index (κ2) is 5.86. The molecule has 1 aliphatic heterocycles. The van der Waals surface area contributed by atoms with Crippen LogP contribution in [0.4, 0.5) is 5.69 Å². The Morgan fingerprint density at radius 3 is 2.67 bits per heavy atom. The van der Waals surface area contributed by atoms with Crippen molar-refractivity contribution in [3.05, 3.63) is 59.2 Å². The van der Waals surface area contributed by atoms with Crippen molar-refractivity contribution >= 4 is 11.7 Å². The lowest BCUT2D eigenvalue weighted by atomic mass is 9.77. The van der Waals surface area contributed by atoms with E-state index in [0.29, 0.717) is 17.4 Å². The van der Waals surface area contributed by atoms with Crippen molar-refractivity contribution in [2.24, 2.45) is 5.92 Å². The number of rotatable bonds is 3. The first-order chi connectivity index (χ1) is 11.7. The first kappa shape index (κ1) is 15.1. The second-order valence-electron chi connectivity index (χ2n) is 6.70. The van der Waals surface area contributed by atoms with E-state index in [0.717, 1.165) is 5.75 Å². The van der Waals surface area contributed by atoms with Gasteiger partial charge in [-0.3, -0.25) is 0 Å². The minimum atomic E-state index is -0.880. The van der Waals surface area contributed by atoms with Crippen LogP contribution in [-0.2, 0) is 0 Å². The largest absolute Gasteiger partial charge is 0.497 e. The van der Waals surface area contributed by atoms with Gasteiger partial charge < -0.3 is 15.2 Å². The van der Waals surface area contributed by atoms with Crippen molar-refractivity contribution < 1.29 is 14.6 Å². The molecule has 1 aliphatic carbocycles. The van der Waals surface area contributed by atoms with E-state index in [2.05, 4.69) is 17.4 Å². The molecule has 3 atom stereocenters. The summed E-state index contributed by atoms with van der Waals surface area (Å²) in [7, 11) is 1.71. The lowest BCUT2D eigenvalue weighted by Crippen LogP contribution is -2.28. The Labute approximate surface area is 141 Å². The Morgan fingerprint density at radius 2 is 1.96 bits per heavy atom. The maximum absolute atomic E-state index is 11.1. The predicted octanol–water partition coefficient (Wildman–Crippen LogP) is 4.44. The first-order valence-corrected chi connectivity index (χ1v) is 8.45. The van der Waals surface area contributed by atoms with Crippen molar-refractivity contribution in [3.63, 3.8) is 0 Å². The summed E-state index contributed by atoms with van der Waals surface area (Å²) < 4.78 is 5.39. The summed E-state index contributed by atoms with van der Waals surface area (Å²) in [4.78, 5) is 11.1. The van der Waals surface area contributed by atoms with Crippen molar-refractivity contribution in [3.8, 4) is 5.75 Å². The standard InChI is InChI=1S/C20H21NO3/c1-24-14-9-10-18-17(11-14)15-3-2-4-16(15)19(21-18)12-5-7-13(8-6-12)20(22)23/h5-11,15-16,19,21H,2-4H2,1H3,(H,22,23)/t15-,16+,19-/m1/s1. The molecule has 24 heavy (non-hydrogen) atoms. The van der Waals surface area contributed by atoms with Gasteiger partial charge in [-0.15, -0.1) is 0 Å². The third-order valence-corrected chi connectivity index (χ3v) is 5.48. The molecule has 0 spiro atoms. The van der Waals surface area contributed by atoms with Crippen LogP contribution in [0.1, 0.15) is 52.7 Å². The number of ether oxygens (including phenoxy) is 1. The highest BCUT2D eigenvalue weighted by Crippen LogP contribution is 2.53. The molecule has 0 saturated heterocycles. The molecule has 2 N–H and O–H groups in total. The highest BCUT2D eigenvalue weighted by molar-refractivity contribution is 5.87. The van der Waals surface area contributed by atoms with E-state index < -0.39 is 5.97 Å². The van der Waals surface area contributed by atoms with Crippen molar-refractivity contribution in [2.45, 2.75) is 31.2 Å². The Hall–Kier alpha value is -2.49. The van der Waals surface area contributed by atoms with Crippen LogP contribution >= 0.6 is 0 Å². The minimum Gasteiger partial charge on any atom is -0.497 e. The van der Waals surface area contributed by atoms with E-state index in [-0.39, 0.29) is 6.04 Å². The van der Waals surface area contributed by atoms with E-state index in [1.807, 2.05) is 18.2 Å². The number of anilines is 1. The quantitative estimate of drug-likeness (QED) is 0.876. The smallest absolute Gasteiger partial charge is 0.335 e. The average Bonchev–Trinajstić information content (AvgIpc) is 3.10. The third kappa shape index (κ3) is 2.42. The Kier molecular flexibility index (Phi) is 3.68. The number of carboxylic acids is 1. The molecular formula is C20H21NO3. The van der Waals surface area contributed by atoms with Crippen LogP contribution in [0.15, 0.2) is 42.5 Å². The monoisotopic (exact) mass is 323 g/mol. The Bertz CT molecular complexity index is 769. The molecule has 2 aromatic carbocycles. The number of hydrogen-bond acceptors (Lipinski definition) is 3. The molecule has 4 rings (SSSR count). The molecule has 1 fully saturated rings. The number of benzene rings is 2. The van der Waals surface area contributed by atoms with Crippen molar-refractivity contribution in [1.29, 1.82) is 0 Å². The number of methoxy groups -OCH3 is 1. The molecule has 1 saturated carbocycles. The zero-order valence-corrected chi connectivity index (χ0v) is 13.7. The lowest BCUT2D eigenvalue weighted by molar-refractivity contribution is 0.0697. The van der Waals surface area contributed by atoms with Crippen LogP contribution in [0, 0.1) is 5.92 Å². The molecule has 4 heteroatoms. The lowest BCUT2D eigenvalue weighted by Gasteiger charge is -2.37. The molecule has 0 aromatic heterocycles. The number of aromatic carboxylic acids is 1. The first-order valence-electron chi connectivity index (χ1n) is 8.45. The summed E-state index contributed by atoms with van der Waals surface area (Å²) >= 11 is 0. The van der Waals surface area contributed by atoms with E-state index in [9.17, 15) is 4.79 Å². The molecule has 0 radical (unpaired) electrons. The molecule has 2 aromatic rings. The van der Waals surface area contributed by atoms with Gasteiger partial charge in [-0.05, 0) is 66.1 Å². The molecule has 4 nitrogen and oxygen atoms in total. The minimum absolute atomic E-state index is 0.237. The Balaban J connectivity index is 1.71. The number of fused-ring (bicyclic) bond motifs is 3. The van der Waals surface area contributed by atoms with E-state index >= 15 is 0 Å². The second-order valence-corrected chi connectivity index (χ2v) is 6.70. The van der Waals surface area contributed by atoms with Crippen molar-refractivity contribution in [2.75, 3.05) is 12.4 Å². The van der Waals surface area contributed by atoms with Crippen molar-refractivity contribution in [1.82, 2.24) is 0 Å².